The van der Waals surface area contributed by atoms with Gasteiger partial charge in [0.25, 0.3) is 11.8 Å². The van der Waals surface area contributed by atoms with Crippen LogP contribution in [0.3, 0.4) is 0 Å². The highest BCUT2D eigenvalue weighted by Crippen LogP contribution is 2.31. The number of hydrogen-bond acceptors (Lipinski definition) is 4. The third-order valence-electron chi connectivity index (χ3n) is 4.96. The summed E-state index contributed by atoms with van der Waals surface area (Å²) in [5.41, 5.74) is 3.98. The van der Waals surface area contributed by atoms with Crippen LogP contribution in [0.4, 0.5) is 8.78 Å². The Labute approximate surface area is 166 Å². The van der Waals surface area contributed by atoms with Gasteiger partial charge in [-0.25, -0.2) is 13.8 Å². The molecule has 29 heavy (non-hydrogen) atoms. The van der Waals surface area contributed by atoms with E-state index in [9.17, 15) is 13.6 Å². The summed E-state index contributed by atoms with van der Waals surface area (Å²) in [4.78, 5) is 18.5. The molecule has 1 N–H and O–H groups in total. The SMILES string of the molecule is CCC(F)(F)COc1nccc2c1C(=O)N(Cc1ccc(-c3cn[nH]c3)cc1)C2. The first kappa shape index (κ1) is 19.0. The number of H-pyrrole nitrogens is 1. The average Bonchev–Trinajstić information content (AvgIpc) is 3.36. The second-order valence-electron chi connectivity index (χ2n) is 6.99. The van der Waals surface area contributed by atoms with Crippen molar-refractivity contribution in [1.29, 1.82) is 0 Å². The molecule has 0 bridgehead atoms. The number of fused-ring (bicyclic) bond motifs is 1. The number of rotatable bonds is 7. The lowest BCUT2D eigenvalue weighted by Crippen LogP contribution is -2.26. The second kappa shape index (κ2) is 7.62. The molecule has 0 saturated carbocycles. The summed E-state index contributed by atoms with van der Waals surface area (Å²) in [6.07, 6.45) is 4.70. The molecule has 3 aromatic rings. The Morgan fingerprint density at radius 1 is 1.21 bits per heavy atom. The number of aromatic nitrogens is 3. The van der Waals surface area contributed by atoms with Crippen molar-refractivity contribution < 1.29 is 18.3 Å². The van der Waals surface area contributed by atoms with Crippen LogP contribution in [0, 0.1) is 0 Å². The molecule has 0 unspecified atom stereocenters. The van der Waals surface area contributed by atoms with Gasteiger partial charge in [0.1, 0.15) is 5.56 Å². The summed E-state index contributed by atoms with van der Waals surface area (Å²) in [5, 5.41) is 6.72. The van der Waals surface area contributed by atoms with Crippen molar-refractivity contribution in [2.45, 2.75) is 32.4 Å². The van der Waals surface area contributed by atoms with Crippen LogP contribution in [-0.4, -0.2) is 38.5 Å². The summed E-state index contributed by atoms with van der Waals surface area (Å²) in [6, 6.07) is 9.57. The zero-order valence-corrected chi connectivity index (χ0v) is 15.9. The smallest absolute Gasteiger partial charge is 0.281 e. The standard InChI is InChI=1S/C21H20F2N4O2/c1-2-21(22,23)13-29-19-18-16(7-8-24-19)12-27(20(18)28)11-14-3-5-15(6-4-14)17-9-25-26-10-17/h3-10H,2,11-13H2,1H3,(H,25,26). The minimum absolute atomic E-state index is 0.0292. The van der Waals surface area contributed by atoms with Crippen molar-refractivity contribution in [1.82, 2.24) is 20.1 Å². The maximum Gasteiger partial charge on any atom is 0.281 e. The van der Waals surface area contributed by atoms with Gasteiger partial charge in [0.2, 0.25) is 5.88 Å². The summed E-state index contributed by atoms with van der Waals surface area (Å²) in [5.74, 6) is -3.25. The summed E-state index contributed by atoms with van der Waals surface area (Å²) < 4.78 is 32.3. The van der Waals surface area contributed by atoms with Crippen molar-refractivity contribution >= 4 is 5.91 Å². The number of aromatic amines is 1. The van der Waals surface area contributed by atoms with Crippen LogP contribution in [0.2, 0.25) is 0 Å². The first-order chi connectivity index (χ1) is 14.0. The number of ether oxygens (including phenoxy) is 1. The third-order valence-corrected chi connectivity index (χ3v) is 4.96. The van der Waals surface area contributed by atoms with E-state index in [0.29, 0.717) is 13.1 Å². The quantitative estimate of drug-likeness (QED) is 0.652. The fourth-order valence-electron chi connectivity index (χ4n) is 3.22. The lowest BCUT2D eigenvalue weighted by Gasteiger charge is -2.17. The Balaban J connectivity index is 1.48. The predicted molar refractivity (Wildman–Crippen MR) is 103 cm³/mol. The maximum atomic E-state index is 13.5. The fourth-order valence-corrected chi connectivity index (χ4v) is 3.22. The van der Waals surface area contributed by atoms with Gasteiger partial charge in [-0.3, -0.25) is 9.89 Å². The van der Waals surface area contributed by atoms with Crippen LogP contribution in [0.25, 0.3) is 11.1 Å². The minimum Gasteiger partial charge on any atom is -0.471 e. The molecule has 1 aliphatic heterocycles. The molecule has 1 aliphatic rings. The van der Waals surface area contributed by atoms with Gasteiger partial charge < -0.3 is 9.64 Å². The molecule has 0 aliphatic carbocycles. The zero-order chi connectivity index (χ0) is 20.4. The van der Waals surface area contributed by atoms with Crippen LogP contribution in [-0.2, 0) is 13.1 Å². The molecule has 0 spiro atoms. The van der Waals surface area contributed by atoms with E-state index < -0.39 is 12.5 Å². The first-order valence-corrected chi connectivity index (χ1v) is 9.33. The summed E-state index contributed by atoms with van der Waals surface area (Å²) in [7, 11) is 0. The maximum absolute atomic E-state index is 13.5. The lowest BCUT2D eigenvalue weighted by molar-refractivity contribution is -0.0449. The second-order valence-corrected chi connectivity index (χ2v) is 6.99. The molecule has 150 valence electrons. The number of alkyl halides is 2. The molecule has 3 heterocycles. The predicted octanol–water partition coefficient (Wildman–Crippen LogP) is 4.05. The van der Waals surface area contributed by atoms with Gasteiger partial charge in [-0.05, 0) is 22.8 Å². The first-order valence-electron chi connectivity index (χ1n) is 9.33. The monoisotopic (exact) mass is 398 g/mol. The van der Waals surface area contributed by atoms with E-state index in [2.05, 4.69) is 15.2 Å². The van der Waals surface area contributed by atoms with E-state index in [4.69, 9.17) is 4.74 Å². The van der Waals surface area contributed by atoms with E-state index in [0.717, 1.165) is 22.3 Å². The molecule has 4 rings (SSSR count). The van der Waals surface area contributed by atoms with Crippen LogP contribution in [0.5, 0.6) is 5.88 Å². The van der Waals surface area contributed by atoms with E-state index in [-0.39, 0.29) is 23.8 Å². The molecule has 0 fully saturated rings. The van der Waals surface area contributed by atoms with Gasteiger partial charge >= 0.3 is 0 Å². The van der Waals surface area contributed by atoms with E-state index >= 15 is 0 Å². The lowest BCUT2D eigenvalue weighted by atomic mass is 10.1. The Kier molecular flexibility index (Phi) is 5.00. The number of benzene rings is 1. The van der Waals surface area contributed by atoms with Gasteiger partial charge in [-0.1, -0.05) is 31.2 Å². The Bertz CT molecular complexity index is 1000. The van der Waals surface area contributed by atoms with Gasteiger partial charge in [0, 0.05) is 37.5 Å². The number of halogens is 2. The highest BCUT2D eigenvalue weighted by molar-refractivity contribution is 6.00. The van der Waals surface area contributed by atoms with E-state index in [1.807, 2.05) is 30.5 Å². The minimum atomic E-state index is -2.96. The molecular formula is C21H20F2N4O2. The zero-order valence-electron chi connectivity index (χ0n) is 15.9. The Morgan fingerprint density at radius 3 is 2.69 bits per heavy atom. The summed E-state index contributed by atoms with van der Waals surface area (Å²) in [6.45, 7) is 1.39. The van der Waals surface area contributed by atoms with Gasteiger partial charge in [-0.15, -0.1) is 0 Å². The summed E-state index contributed by atoms with van der Waals surface area (Å²) >= 11 is 0. The fraction of sp³-hybridized carbons (Fsp3) is 0.286. The van der Waals surface area contributed by atoms with Crippen LogP contribution in [0.1, 0.15) is 34.8 Å². The Hall–Kier alpha value is -3.29. The van der Waals surface area contributed by atoms with Gasteiger partial charge in [-0.2, -0.15) is 5.10 Å². The molecule has 8 heteroatoms. The number of nitrogens with one attached hydrogen (secondary N) is 1. The van der Waals surface area contributed by atoms with Crippen LogP contribution >= 0.6 is 0 Å². The number of pyridine rings is 1. The highest BCUT2D eigenvalue weighted by Gasteiger charge is 2.34. The average molecular weight is 398 g/mol. The van der Waals surface area contributed by atoms with Gasteiger partial charge in [0.05, 0.1) is 6.20 Å². The highest BCUT2D eigenvalue weighted by atomic mass is 19.3. The molecule has 0 saturated heterocycles. The van der Waals surface area contributed by atoms with Crippen molar-refractivity contribution in [3.8, 4) is 17.0 Å². The van der Waals surface area contributed by atoms with Crippen LogP contribution in [0.15, 0.2) is 48.9 Å². The van der Waals surface area contributed by atoms with Crippen LogP contribution < -0.4 is 4.74 Å². The molecule has 0 radical (unpaired) electrons. The van der Waals surface area contributed by atoms with Crippen molar-refractivity contribution in [2.24, 2.45) is 0 Å². The normalized spacial score (nSPS) is 13.6. The number of nitrogens with zero attached hydrogens (tertiary/aromatic N) is 3. The van der Waals surface area contributed by atoms with Crippen molar-refractivity contribution in [3.63, 3.8) is 0 Å². The molecular weight excluding hydrogens is 378 g/mol. The Morgan fingerprint density at radius 2 is 2.00 bits per heavy atom. The van der Waals surface area contributed by atoms with Crippen molar-refractivity contribution in [3.05, 3.63) is 65.6 Å². The van der Waals surface area contributed by atoms with Crippen molar-refractivity contribution in [2.75, 3.05) is 6.61 Å². The molecule has 6 nitrogen and oxygen atoms in total. The third kappa shape index (κ3) is 3.96. The largest absolute Gasteiger partial charge is 0.471 e. The molecule has 2 aromatic heterocycles. The number of carbonyl (C=O) groups is 1. The molecule has 0 atom stereocenters. The number of amides is 1. The van der Waals surface area contributed by atoms with Gasteiger partial charge in [0.15, 0.2) is 6.61 Å². The van der Waals surface area contributed by atoms with E-state index in [1.165, 1.54) is 13.1 Å². The number of hydrogen-bond donors (Lipinski definition) is 1. The van der Waals surface area contributed by atoms with E-state index in [1.54, 1.807) is 17.2 Å². The topological polar surface area (TPSA) is 71.1 Å². The number of carbonyl (C=O) groups excluding carboxylic acids is 1. The molecule has 1 aromatic carbocycles. The molecule has 1 amide bonds.